The zero-order valence-corrected chi connectivity index (χ0v) is 14.6. The number of para-hydroxylation sites is 1. The predicted octanol–water partition coefficient (Wildman–Crippen LogP) is 2.88. The van der Waals surface area contributed by atoms with Crippen LogP contribution in [0.1, 0.15) is 5.56 Å². The number of benzene rings is 2. The van der Waals surface area contributed by atoms with Crippen molar-refractivity contribution in [2.24, 2.45) is 0 Å². The van der Waals surface area contributed by atoms with Gasteiger partial charge in [0.05, 0.1) is 18.3 Å². The molecule has 0 fully saturated rings. The van der Waals surface area contributed by atoms with Crippen molar-refractivity contribution in [2.45, 2.75) is 6.54 Å². The first-order chi connectivity index (χ1) is 13.8. The van der Waals surface area contributed by atoms with Crippen LogP contribution < -0.4 is 5.56 Å². The molecule has 0 aliphatic rings. The average molecular weight is 370 g/mol. The first kappa shape index (κ1) is 16.1. The smallest absolute Gasteiger partial charge is 0.259 e. The van der Waals surface area contributed by atoms with Gasteiger partial charge in [0.1, 0.15) is 0 Å². The normalized spacial score (nSPS) is 11.1. The molecule has 1 N–H and O–H groups in total. The molecule has 8 heteroatoms. The van der Waals surface area contributed by atoms with E-state index in [1.807, 2.05) is 54.6 Å². The maximum absolute atomic E-state index is 12.0. The summed E-state index contributed by atoms with van der Waals surface area (Å²) in [5.74, 6) is 0.577. The van der Waals surface area contributed by atoms with Crippen LogP contribution >= 0.6 is 0 Å². The SMILES string of the molecule is O=c1cc(-c2nc(-c3cn(Cc4ccccc4)nn3)no2)c2ccccc2[nH]1. The summed E-state index contributed by atoms with van der Waals surface area (Å²) in [6, 6.07) is 18.9. The summed E-state index contributed by atoms with van der Waals surface area (Å²) in [4.78, 5) is 19.2. The fraction of sp³-hybridized carbons (Fsp3) is 0.0500. The van der Waals surface area contributed by atoms with Gasteiger partial charge >= 0.3 is 0 Å². The Bertz CT molecular complexity index is 1320. The van der Waals surface area contributed by atoms with E-state index in [1.54, 1.807) is 10.9 Å². The van der Waals surface area contributed by atoms with Crippen molar-refractivity contribution in [3.63, 3.8) is 0 Å². The minimum atomic E-state index is -0.234. The Morgan fingerprint density at radius 2 is 1.86 bits per heavy atom. The summed E-state index contributed by atoms with van der Waals surface area (Å²) in [7, 11) is 0. The third kappa shape index (κ3) is 2.96. The number of H-pyrrole nitrogens is 1. The van der Waals surface area contributed by atoms with Gasteiger partial charge in [0, 0.05) is 17.0 Å². The van der Waals surface area contributed by atoms with E-state index in [0.29, 0.717) is 29.1 Å². The van der Waals surface area contributed by atoms with E-state index in [0.717, 1.165) is 10.9 Å². The summed E-state index contributed by atoms with van der Waals surface area (Å²) in [6.45, 7) is 0.594. The van der Waals surface area contributed by atoms with Crippen LogP contribution in [-0.2, 0) is 6.54 Å². The lowest BCUT2D eigenvalue weighted by Gasteiger charge is -2.01. The molecular weight excluding hydrogens is 356 g/mol. The molecule has 5 rings (SSSR count). The lowest BCUT2D eigenvalue weighted by molar-refractivity contribution is 0.432. The zero-order valence-electron chi connectivity index (χ0n) is 14.6. The number of aromatic nitrogens is 6. The van der Waals surface area contributed by atoms with E-state index >= 15 is 0 Å². The Balaban J connectivity index is 1.49. The van der Waals surface area contributed by atoms with Crippen LogP contribution in [0.15, 0.2) is 76.2 Å². The monoisotopic (exact) mass is 370 g/mol. The van der Waals surface area contributed by atoms with Gasteiger partial charge in [-0.15, -0.1) is 5.10 Å². The van der Waals surface area contributed by atoms with E-state index in [2.05, 4.69) is 25.4 Å². The molecule has 3 heterocycles. The number of hydrogen-bond donors (Lipinski definition) is 1. The minimum Gasteiger partial charge on any atom is -0.334 e. The maximum atomic E-state index is 12.0. The van der Waals surface area contributed by atoms with Gasteiger partial charge < -0.3 is 9.51 Å². The van der Waals surface area contributed by atoms with Crippen molar-refractivity contribution in [3.05, 3.63) is 82.8 Å². The molecule has 0 unspecified atom stereocenters. The number of rotatable bonds is 4. The summed E-state index contributed by atoms with van der Waals surface area (Å²) >= 11 is 0. The lowest BCUT2D eigenvalue weighted by atomic mass is 10.1. The molecule has 0 atom stereocenters. The summed E-state index contributed by atoms with van der Waals surface area (Å²) < 4.78 is 7.12. The third-order valence-corrected chi connectivity index (χ3v) is 4.36. The lowest BCUT2D eigenvalue weighted by Crippen LogP contribution is -2.04. The Hall–Kier alpha value is -4.07. The molecule has 0 saturated carbocycles. The number of nitrogens with zero attached hydrogens (tertiary/aromatic N) is 5. The summed E-state index contributed by atoms with van der Waals surface area (Å²) in [6.07, 6.45) is 1.76. The molecule has 5 aromatic rings. The number of nitrogens with one attached hydrogen (secondary N) is 1. The highest BCUT2D eigenvalue weighted by Gasteiger charge is 2.16. The van der Waals surface area contributed by atoms with E-state index in [1.165, 1.54) is 6.07 Å². The molecule has 28 heavy (non-hydrogen) atoms. The number of aromatic amines is 1. The number of pyridine rings is 1. The fourth-order valence-corrected chi connectivity index (χ4v) is 3.07. The number of fused-ring (bicyclic) bond motifs is 1. The Morgan fingerprint density at radius 3 is 2.75 bits per heavy atom. The molecule has 0 spiro atoms. The molecule has 0 aliphatic carbocycles. The van der Waals surface area contributed by atoms with Crippen molar-refractivity contribution >= 4 is 10.9 Å². The molecule has 8 nitrogen and oxygen atoms in total. The minimum absolute atomic E-state index is 0.234. The van der Waals surface area contributed by atoms with Gasteiger partial charge in [0.25, 0.3) is 5.89 Å². The van der Waals surface area contributed by atoms with Crippen LogP contribution in [0.5, 0.6) is 0 Å². The first-order valence-electron chi connectivity index (χ1n) is 8.67. The highest BCUT2D eigenvalue weighted by atomic mass is 16.5. The molecular formula is C20H14N6O2. The van der Waals surface area contributed by atoms with Gasteiger partial charge in [-0.2, -0.15) is 4.98 Å². The third-order valence-electron chi connectivity index (χ3n) is 4.36. The van der Waals surface area contributed by atoms with Crippen molar-refractivity contribution in [1.29, 1.82) is 0 Å². The largest absolute Gasteiger partial charge is 0.334 e. The first-order valence-corrected chi connectivity index (χ1v) is 8.67. The topological polar surface area (TPSA) is 102 Å². The van der Waals surface area contributed by atoms with Gasteiger partial charge in [-0.3, -0.25) is 4.79 Å². The van der Waals surface area contributed by atoms with Gasteiger partial charge in [-0.1, -0.05) is 58.9 Å². The van der Waals surface area contributed by atoms with Gasteiger partial charge in [-0.25, -0.2) is 4.68 Å². The Labute approximate surface area is 158 Å². The van der Waals surface area contributed by atoms with E-state index < -0.39 is 0 Å². The van der Waals surface area contributed by atoms with Crippen LogP contribution in [0.3, 0.4) is 0 Å². The van der Waals surface area contributed by atoms with Gasteiger partial charge in [-0.05, 0) is 11.6 Å². The second-order valence-corrected chi connectivity index (χ2v) is 6.30. The van der Waals surface area contributed by atoms with Gasteiger partial charge in [0.15, 0.2) is 5.69 Å². The number of hydrogen-bond acceptors (Lipinski definition) is 6. The molecule has 136 valence electrons. The van der Waals surface area contributed by atoms with E-state index in [9.17, 15) is 4.79 Å². The fourth-order valence-electron chi connectivity index (χ4n) is 3.07. The molecule has 3 aromatic heterocycles. The van der Waals surface area contributed by atoms with Crippen molar-refractivity contribution in [2.75, 3.05) is 0 Å². The maximum Gasteiger partial charge on any atom is 0.259 e. The van der Waals surface area contributed by atoms with Crippen LogP contribution in [0, 0.1) is 0 Å². The summed E-state index contributed by atoms with van der Waals surface area (Å²) in [5.41, 5.74) is 2.67. The Kier molecular flexibility index (Phi) is 3.79. The molecule has 0 saturated heterocycles. The van der Waals surface area contributed by atoms with Crippen molar-refractivity contribution in [3.8, 4) is 23.0 Å². The quantitative estimate of drug-likeness (QED) is 0.522. The highest BCUT2D eigenvalue weighted by Crippen LogP contribution is 2.26. The van der Waals surface area contributed by atoms with Crippen LogP contribution in [-0.4, -0.2) is 30.1 Å². The van der Waals surface area contributed by atoms with Crippen LogP contribution in [0.4, 0.5) is 0 Å². The van der Waals surface area contributed by atoms with Crippen molar-refractivity contribution in [1.82, 2.24) is 30.1 Å². The standard InChI is InChI=1S/C20H14N6O2/c27-18-10-15(14-8-4-5-9-16(14)21-18)20-22-19(24-28-20)17-12-26(25-23-17)11-13-6-2-1-3-7-13/h1-10,12H,11H2,(H,21,27). The van der Waals surface area contributed by atoms with Gasteiger partial charge in [0.2, 0.25) is 11.4 Å². The molecule has 0 aliphatic heterocycles. The molecule has 0 bridgehead atoms. The predicted molar refractivity (Wildman–Crippen MR) is 102 cm³/mol. The second-order valence-electron chi connectivity index (χ2n) is 6.30. The highest BCUT2D eigenvalue weighted by molar-refractivity contribution is 5.92. The molecule has 0 radical (unpaired) electrons. The summed E-state index contributed by atoms with van der Waals surface area (Å²) in [5, 5.41) is 13.1. The van der Waals surface area contributed by atoms with Crippen LogP contribution in [0.2, 0.25) is 0 Å². The van der Waals surface area contributed by atoms with E-state index in [4.69, 9.17) is 4.52 Å². The average Bonchev–Trinajstić information content (AvgIpc) is 3.38. The zero-order chi connectivity index (χ0) is 18.9. The second kappa shape index (κ2) is 6.58. The molecule has 2 aromatic carbocycles. The Morgan fingerprint density at radius 1 is 1.04 bits per heavy atom. The molecule has 0 amide bonds. The van der Waals surface area contributed by atoms with E-state index in [-0.39, 0.29) is 11.4 Å². The van der Waals surface area contributed by atoms with Crippen molar-refractivity contribution < 1.29 is 4.52 Å². The van der Waals surface area contributed by atoms with Crippen LogP contribution in [0.25, 0.3) is 33.9 Å².